The number of amides is 1. The molecule has 0 saturated carbocycles. The van der Waals surface area contributed by atoms with E-state index in [1.54, 1.807) is 0 Å². The Labute approximate surface area is 145 Å². The number of carbonyl (C=O) groups is 1. The lowest BCUT2D eigenvalue weighted by atomic mass is 10.2. The van der Waals surface area contributed by atoms with E-state index in [1.807, 2.05) is 74.5 Å². The highest BCUT2D eigenvalue weighted by Crippen LogP contribution is 2.30. The van der Waals surface area contributed by atoms with Gasteiger partial charge in [0.2, 0.25) is 0 Å². The van der Waals surface area contributed by atoms with Crippen LogP contribution in [0.15, 0.2) is 64.5 Å². The van der Waals surface area contributed by atoms with Crippen molar-refractivity contribution in [2.24, 2.45) is 4.99 Å². The van der Waals surface area contributed by atoms with Crippen LogP contribution < -0.4 is 10.1 Å². The summed E-state index contributed by atoms with van der Waals surface area (Å²) in [5, 5.41) is 3.38. The van der Waals surface area contributed by atoms with E-state index in [0.717, 1.165) is 17.0 Å². The van der Waals surface area contributed by atoms with Crippen molar-refractivity contribution in [1.82, 2.24) is 5.32 Å². The van der Waals surface area contributed by atoms with Crippen LogP contribution >= 0.6 is 11.8 Å². The van der Waals surface area contributed by atoms with Crippen LogP contribution in [0.5, 0.6) is 5.75 Å². The Morgan fingerprint density at radius 1 is 1.08 bits per heavy atom. The predicted molar refractivity (Wildman–Crippen MR) is 99.5 cm³/mol. The topological polar surface area (TPSA) is 50.7 Å². The van der Waals surface area contributed by atoms with Crippen molar-refractivity contribution in [2.45, 2.75) is 20.0 Å². The molecule has 0 aromatic heterocycles. The van der Waals surface area contributed by atoms with Gasteiger partial charge in [-0.25, -0.2) is 4.99 Å². The molecule has 2 aromatic carbocycles. The molecule has 122 valence electrons. The fourth-order valence-electron chi connectivity index (χ4n) is 2.20. The Morgan fingerprint density at radius 3 is 2.54 bits per heavy atom. The smallest absolute Gasteiger partial charge is 0.264 e. The van der Waals surface area contributed by atoms with Crippen LogP contribution in [0.3, 0.4) is 0 Å². The highest BCUT2D eigenvalue weighted by molar-refractivity contribution is 8.18. The van der Waals surface area contributed by atoms with Gasteiger partial charge in [-0.3, -0.25) is 4.79 Å². The third kappa shape index (κ3) is 4.06. The molecule has 3 rings (SSSR count). The van der Waals surface area contributed by atoms with Gasteiger partial charge in [-0.1, -0.05) is 36.4 Å². The molecule has 0 aliphatic carbocycles. The Kier molecular flexibility index (Phi) is 5.01. The number of aliphatic imine (C=N–C) groups is 1. The van der Waals surface area contributed by atoms with Crippen molar-refractivity contribution >= 4 is 34.6 Å². The van der Waals surface area contributed by atoms with Gasteiger partial charge >= 0.3 is 0 Å². The third-order valence-electron chi connectivity index (χ3n) is 3.21. The average Bonchev–Trinajstić information content (AvgIpc) is 2.89. The van der Waals surface area contributed by atoms with Crippen LogP contribution in [-0.2, 0) is 4.79 Å². The maximum Gasteiger partial charge on any atom is 0.264 e. The maximum absolute atomic E-state index is 12.2. The molecule has 0 bridgehead atoms. The lowest BCUT2D eigenvalue weighted by molar-refractivity contribution is -0.115. The van der Waals surface area contributed by atoms with Crippen LogP contribution in [0.25, 0.3) is 6.08 Å². The number of amidine groups is 1. The van der Waals surface area contributed by atoms with Crippen LogP contribution in [0.1, 0.15) is 19.4 Å². The van der Waals surface area contributed by atoms with Crippen LogP contribution in [0.2, 0.25) is 0 Å². The zero-order valence-corrected chi connectivity index (χ0v) is 14.3. The summed E-state index contributed by atoms with van der Waals surface area (Å²) in [6, 6.07) is 17.2. The van der Waals surface area contributed by atoms with Gasteiger partial charge in [0.15, 0.2) is 5.17 Å². The number of nitrogens with zero attached hydrogens (tertiary/aromatic N) is 1. The van der Waals surface area contributed by atoms with Gasteiger partial charge in [0.05, 0.1) is 16.7 Å². The molecular formula is C19H18N2O2S. The second-order valence-corrected chi connectivity index (χ2v) is 6.55. The van der Waals surface area contributed by atoms with E-state index >= 15 is 0 Å². The van der Waals surface area contributed by atoms with E-state index in [9.17, 15) is 4.79 Å². The minimum Gasteiger partial charge on any atom is -0.490 e. The highest BCUT2D eigenvalue weighted by atomic mass is 32.2. The molecule has 1 saturated heterocycles. The molecule has 0 unspecified atom stereocenters. The van der Waals surface area contributed by atoms with E-state index in [-0.39, 0.29) is 12.0 Å². The van der Waals surface area contributed by atoms with Crippen LogP contribution in [0.4, 0.5) is 5.69 Å². The second-order valence-electron chi connectivity index (χ2n) is 5.52. The third-order valence-corrected chi connectivity index (χ3v) is 4.12. The molecule has 1 N–H and O–H groups in total. The summed E-state index contributed by atoms with van der Waals surface area (Å²) in [6.07, 6.45) is 1.91. The summed E-state index contributed by atoms with van der Waals surface area (Å²) in [4.78, 5) is 17.2. The van der Waals surface area contributed by atoms with E-state index < -0.39 is 0 Å². The van der Waals surface area contributed by atoms with Crippen LogP contribution in [0, 0.1) is 0 Å². The predicted octanol–water partition coefficient (Wildman–Crippen LogP) is 4.37. The van der Waals surface area contributed by atoms with Gasteiger partial charge in [0.1, 0.15) is 5.75 Å². The fraction of sp³-hybridized carbons (Fsp3) is 0.158. The first-order valence-electron chi connectivity index (χ1n) is 7.72. The molecule has 1 amide bonds. The lowest BCUT2D eigenvalue weighted by Crippen LogP contribution is -2.19. The molecule has 0 radical (unpaired) electrons. The zero-order valence-electron chi connectivity index (χ0n) is 13.5. The van der Waals surface area contributed by atoms with Crippen molar-refractivity contribution in [1.29, 1.82) is 0 Å². The first-order valence-corrected chi connectivity index (χ1v) is 8.54. The number of thioether (sulfide) groups is 1. The quantitative estimate of drug-likeness (QED) is 0.843. The number of hydrogen-bond donors (Lipinski definition) is 1. The molecule has 1 aliphatic rings. The number of carbonyl (C=O) groups excluding carboxylic acids is 1. The van der Waals surface area contributed by atoms with E-state index in [4.69, 9.17) is 4.74 Å². The molecule has 0 atom stereocenters. The van der Waals surface area contributed by atoms with Crippen molar-refractivity contribution in [3.05, 3.63) is 65.1 Å². The van der Waals surface area contributed by atoms with Gasteiger partial charge in [-0.2, -0.15) is 0 Å². The van der Waals surface area contributed by atoms with Crippen molar-refractivity contribution in [2.75, 3.05) is 0 Å². The molecule has 1 aliphatic heterocycles. The standard InChI is InChI=1S/C19H18N2O2S/c1-13(2)23-16-11-7-6-8-14(16)12-17-18(22)21-19(24-17)20-15-9-4-3-5-10-15/h3-13H,1-2H3,(H,20,21,22)/b17-12-. The average molecular weight is 338 g/mol. The van der Waals surface area contributed by atoms with Gasteiger partial charge in [-0.15, -0.1) is 0 Å². The van der Waals surface area contributed by atoms with Crippen LogP contribution in [-0.4, -0.2) is 17.2 Å². The Hall–Kier alpha value is -2.53. The van der Waals surface area contributed by atoms with Crippen molar-refractivity contribution in [3.8, 4) is 5.75 Å². The molecule has 4 nitrogen and oxygen atoms in total. The summed E-state index contributed by atoms with van der Waals surface area (Å²) < 4.78 is 5.80. The van der Waals surface area contributed by atoms with E-state index in [1.165, 1.54) is 11.8 Å². The van der Waals surface area contributed by atoms with Gasteiger partial charge < -0.3 is 10.1 Å². The summed E-state index contributed by atoms with van der Waals surface area (Å²) in [5.74, 6) is 0.621. The molecule has 5 heteroatoms. The number of nitrogens with one attached hydrogen (secondary N) is 1. The first kappa shape index (κ1) is 16.3. The Morgan fingerprint density at radius 2 is 1.79 bits per heavy atom. The Balaban J connectivity index is 1.84. The Bertz CT molecular complexity index is 798. The SMILES string of the molecule is CC(C)Oc1ccccc1/C=C1\SC(=Nc2ccccc2)NC1=O. The summed E-state index contributed by atoms with van der Waals surface area (Å²) in [5.41, 5.74) is 1.69. The number of para-hydroxylation sites is 2. The zero-order chi connectivity index (χ0) is 16.9. The normalized spacial score (nSPS) is 17.5. The summed E-state index contributed by atoms with van der Waals surface area (Å²) >= 11 is 1.33. The maximum atomic E-state index is 12.2. The molecule has 2 aromatic rings. The number of ether oxygens (including phenoxy) is 1. The van der Waals surface area contributed by atoms with Gasteiger partial charge in [0.25, 0.3) is 5.91 Å². The summed E-state index contributed by atoms with van der Waals surface area (Å²) in [7, 11) is 0. The molecular weight excluding hydrogens is 320 g/mol. The van der Waals surface area contributed by atoms with Gasteiger partial charge in [-0.05, 0) is 49.9 Å². The largest absolute Gasteiger partial charge is 0.490 e. The molecule has 1 fully saturated rings. The second kappa shape index (κ2) is 7.36. The summed E-state index contributed by atoms with van der Waals surface area (Å²) in [6.45, 7) is 3.96. The first-order chi connectivity index (χ1) is 11.6. The highest BCUT2D eigenvalue weighted by Gasteiger charge is 2.24. The minimum absolute atomic E-state index is 0.0739. The number of benzene rings is 2. The van der Waals surface area contributed by atoms with E-state index in [2.05, 4.69) is 10.3 Å². The number of hydrogen-bond acceptors (Lipinski definition) is 4. The number of rotatable bonds is 4. The molecule has 1 heterocycles. The monoisotopic (exact) mass is 338 g/mol. The lowest BCUT2D eigenvalue weighted by Gasteiger charge is -2.12. The van der Waals surface area contributed by atoms with E-state index in [0.29, 0.717) is 10.1 Å². The van der Waals surface area contributed by atoms with Crippen molar-refractivity contribution in [3.63, 3.8) is 0 Å². The van der Waals surface area contributed by atoms with Gasteiger partial charge in [0, 0.05) is 5.56 Å². The molecule has 24 heavy (non-hydrogen) atoms. The van der Waals surface area contributed by atoms with Crippen molar-refractivity contribution < 1.29 is 9.53 Å². The molecule has 0 spiro atoms. The minimum atomic E-state index is -0.144. The fourth-order valence-corrected chi connectivity index (χ4v) is 3.04.